The summed E-state index contributed by atoms with van der Waals surface area (Å²) in [7, 11) is 0. The Labute approximate surface area is 186 Å². The van der Waals surface area contributed by atoms with Crippen molar-refractivity contribution in [2.45, 2.75) is 37.8 Å². The minimum Gasteiger partial charge on any atom is -0.396 e. The predicted octanol–water partition coefficient (Wildman–Crippen LogP) is 5.17. The van der Waals surface area contributed by atoms with E-state index in [2.05, 4.69) is 29.2 Å². The topological polar surface area (TPSA) is 50.5 Å². The van der Waals surface area contributed by atoms with E-state index in [-0.39, 0.29) is 12.2 Å². The molecule has 1 unspecified atom stereocenters. The van der Waals surface area contributed by atoms with Gasteiger partial charge in [0.1, 0.15) is 0 Å². The average molecular weight is 444 g/mol. The summed E-state index contributed by atoms with van der Waals surface area (Å²) in [5.41, 5.74) is 1.81. The maximum absolute atomic E-state index is 13.3. The summed E-state index contributed by atoms with van der Waals surface area (Å²) in [6, 6.07) is 14.3. The van der Waals surface area contributed by atoms with Gasteiger partial charge in [0.25, 0.3) is 0 Å². The van der Waals surface area contributed by atoms with Gasteiger partial charge in [0.15, 0.2) is 0 Å². The lowest BCUT2D eigenvalue weighted by molar-refractivity contribution is -0.137. The Morgan fingerprint density at radius 1 is 0.938 bits per heavy atom. The quantitative estimate of drug-likeness (QED) is 0.693. The summed E-state index contributed by atoms with van der Waals surface area (Å²) in [6.07, 6.45) is -0.802. The average Bonchev–Trinajstić information content (AvgIpc) is 3.27. The Balaban J connectivity index is 1.38. The number of anilines is 2. The highest BCUT2D eigenvalue weighted by atomic mass is 19.4. The van der Waals surface area contributed by atoms with Crippen LogP contribution in [-0.4, -0.2) is 37.9 Å². The smallest absolute Gasteiger partial charge is 0.396 e. The second-order valence-electron chi connectivity index (χ2n) is 8.81. The van der Waals surface area contributed by atoms with Gasteiger partial charge in [0.05, 0.1) is 17.2 Å². The molecule has 2 aromatic rings. The van der Waals surface area contributed by atoms with Gasteiger partial charge in [-0.15, -0.1) is 0 Å². The molecule has 0 saturated carbocycles. The number of halogens is 3. The zero-order chi connectivity index (χ0) is 22.7. The molecule has 2 fully saturated rings. The van der Waals surface area contributed by atoms with Gasteiger partial charge in [0.2, 0.25) is 0 Å². The first kappa shape index (κ1) is 22.5. The minimum atomic E-state index is -4.53. The second kappa shape index (κ2) is 9.41. The first-order valence-corrected chi connectivity index (χ1v) is 11.2. The molecule has 1 N–H and O–H groups in total. The molecule has 32 heavy (non-hydrogen) atoms. The third-order valence-corrected chi connectivity index (χ3v) is 6.84. The van der Waals surface area contributed by atoms with Crippen LogP contribution >= 0.6 is 0 Å². The summed E-state index contributed by atoms with van der Waals surface area (Å²) in [5.74, 6) is 0.950. The fourth-order valence-electron chi connectivity index (χ4n) is 4.97. The molecule has 0 radical (unpaired) electrons. The van der Waals surface area contributed by atoms with Crippen LogP contribution in [0.4, 0.5) is 24.5 Å². The lowest BCUT2D eigenvalue weighted by atomic mass is 9.89. The van der Waals surface area contributed by atoms with E-state index in [4.69, 9.17) is 10.4 Å². The number of alkyl halides is 3. The van der Waals surface area contributed by atoms with Gasteiger partial charge >= 0.3 is 6.18 Å². The Kier molecular flexibility index (Phi) is 6.61. The molecule has 1 atom stereocenters. The van der Waals surface area contributed by atoms with Crippen molar-refractivity contribution in [2.24, 2.45) is 5.92 Å². The Morgan fingerprint density at radius 2 is 1.59 bits per heavy atom. The van der Waals surface area contributed by atoms with Crippen LogP contribution in [-0.2, 0) is 6.18 Å². The monoisotopic (exact) mass is 443 g/mol. The zero-order valence-corrected chi connectivity index (χ0v) is 18.0. The molecule has 4 rings (SSSR count). The molecule has 2 aromatic carbocycles. The summed E-state index contributed by atoms with van der Waals surface area (Å²) in [6.45, 7) is 3.63. The number of nitriles is 1. The van der Waals surface area contributed by atoms with Gasteiger partial charge in [-0.1, -0.05) is 12.1 Å². The number of hydrogen-bond acceptors (Lipinski definition) is 4. The van der Waals surface area contributed by atoms with E-state index >= 15 is 0 Å². The van der Waals surface area contributed by atoms with Crippen molar-refractivity contribution >= 4 is 11.4 Å². The lowest BCUT2D eigenvalue weighted by Gasteiger charge is -2.34. The molecule has 0 spiro atoms. The van der Waals surface area contributed by atoms with Gasteiger partial charge in [-0.05, 0) is 73.4 Å². The van der Waals surface area contributed by atoms with Gasteiger partial charge in [-0.2, -0.15) is 18.4 Å². The number of aliphatic hydroxyl groups is 1. The van der Waals surface area contributed by atoms with Crippen LogP contribution in [0.25, 0.3) is 0 Å². The van der Waals surface area contributed by atoms with E-state index in [0.717, 1.165) is 44.8 Å². The largest absolute Gasteiger partial charge is 0.417 e. The molecule has 0 amide bonds. The van der Waals surface area contributed by atoms with E-state index < -0.39 is 11.7 Å². The molecule has 7 heteroatoms. The number of aliphatic hydroxyl groups excluding tert-OH is 1. The van der Waals surface area contributed by atoms with Gasteiger partial charge in [-0.25, -0.2) is 0 Å². The summed E-state index contributed by atoms with van der Waals surface area (Å²) in [4.78, 5) is 4.35. The second-order valence-corrected chi connectivity index (χ2v) is 8.81. The molecule has 0 aromatic heterocycles. The molecule has 2 heterocycles. The molecule has 2 aliphatic rings. The van der Waals surface area contributed by atoms with Crippen LogP contribution in [0.2, 0.25) is 0 Å². The Morgan fingerprint density at radius 3 is 2.22 bits per heavy atom. The Bertz CT molecular complexity index is 960. The first-order chi connectivity index (χ1) is 15.4. The van der Waals surface area contributed by atoms with E-state index in [1.807, 2.05) is 4.90 Å². The van der Waals surface area contributed by atoms with E-state index in [1.54, 1.807) is 12.1 Å². The maximum atomic E-state index is 13.3. The fourth-order valence-corrected chi connectivity index (χ4v) is 4.97. The lowest BCUT2D eigenvalue weighted by Crippen LogP contribution is -2.33. The van der Waals surface area contributed by atoms with Crippen LogP contribution in [0.5, 0.6) is 0 Å². The van der Waals surface area contributed by atoms with Crippen LogP contribution in [0, 0.1) is 17.2 Å². The molecule has 0 aliphatic carbocycles. The van der Waals surface area contributed by atoms with Crippen molar-refractivity contribution in [3.05, 3.63) is 59.2 Å². The van der Waals surface area contributed by atoms with Gasteiger partial charge < -0.3 is 14.9 Å². The molecule has 4 nitrogen and oxygen atoms in total. The third-order valence-electron chi connectivity index (χ3n) is 6.84. The zero-order valence-electron chi connectivity index (χ0n) is 18.0. The summed E-state index contributed by atoms with van der Waals surface area (Å²) in [5, 5.41) is 18.1. The number of rotatable bonds is 5. The van der Waals surface area contributed by atoms with Crippen LogP contribution in [0.1, 0.15) is 48.3 Å². The SMILES string of the molecule is N#Cc1ccc(N2CCC(c3ccc(N4CCC(CCO)C4)cc3)CC2)cc1C(F)(F)F. The highest BCUT2D eigenvalue weighted by Gasteiger charge is 2.34. The van der Waals surface area contributed by atoms with Crippen LogP contribution < -0.4 is 9.80 Å². The van der Waals surface area contributed by atoms with E-state index in [9.17, 15) is 13.2 Å². The third kappa shape index (κ3) is 4.86. The summed E-state index contributed by atoms with van der Waals surface area (Å²) >= 11 is 0. The number of piperidine rings is 1. The first-order valence-electron chi connectivity index (χ1n) is 11.2. The normalized spacial score (nSPS) is 19.9. The Hall–Kier alpha value is -2.72. The highest BCUT2D eigenvalue weighted by molar-refractivity contribution is 5.55. The van der Waals surface area contributed by atoms with Crippen LogP contribution in [0.3, 0.4) is 0 Å². The van der Waals surface area contributed by atoms with Crippen molar-refractivity contribution in [1.29, 1.82) is 5.26 Å². The number of hydrogen-bond donors (Lipinski definition) is 1. The maximum Gasteiger partial charge on any atom is 0.417 e. The molecule has 170 valence electrons. The fraction of sp³-hybridized carbons (Fsp3) is 0.480. The molecular formula is C25H28F3N3O. The molecule has 2 saturated heterocycles. The highest BCUT2D eigenvalue weighted by Crippen LogP contribution is 2.37. The molecule has 0 bridgehead atoms. The minimum absolute atomic E-state index is 0.246. The van der Waals surface area contributed by atoms with Crippen molar-refractivity contribution < 1.29 is 18.3 Å². The molecular weight excluding hydrogens is 415 g/mol. The van der Waals surface area contributed by atoms with Crippen molar-refractivity contribution in [2.75, 3.05) is 42.6 Å². The number of nitrogens with zero attached hydrogens (tertiary/aromatic N) is 3. The van der Waals surface area contributed by atoms with Crippen LogP contribution in [0.15, 0.2) is 42.5 Å². The summed E-state index contributed by atoms with van der Waals surface area (Å²) < 4.78 is 39.9. The standard InChI is InChI=1S/C25H28F3N3O/c26-25(27,28)24-15-23(6-3-21(24)16-29)30-12-8-20(9-13-30)19-1-4-22(5-2-19)31-11-7-18(17-31)10-14-32/h1-6,15,18,20,32H,7-14,17H2. The van der Waals surface area contributed by atoms with Crippen molar-refractivity contribution in [3.8, 4) is 6.07 Å². The molecule has 2 aliphatic heterocycles. The van der Waals surface area contributed by atoms with E-state index in [1.165, 1.54) is 17.3 Å². The van der Waals surface area contributed by atoms with Gasteiger partial charge in [-0.3, -0.25) is 0 Å². The predicted molar refractivity (Wildman–Crippen MR) is 119 cm³/mol. The number of benzene rings is 2. The van der Waals surface area contributed by atoms with Crippen molar-refractivity contribution in [3.63, 3.8) is 0 Å². The van der Waals surface area contributed by atoms with Gasteiger partial charge in [0, 0.05) is 44.2 Å². The van der Waals surface area contributed by atoms with E-state index in [0.29, 0.717) is 30.6 Å². The van der Waals surface area contributed by atoms with Crippen molar-refractivity contribution in [1.82, 2.24) is 0 Å².